The van der Waals surface area contributed by atoms with Crippen molar-refractivity contribution >= 4 is 55.8 Å². The van der Waals surface area contributed by atoms with E-state index in [4.69, 9.17) is 25.7 Å². The Labute approximate surface area is 281 Å². The molecule has 16 heteroatoms. The zero-order valence-electron chi connectivity index (χ0n) is 26.4. The fourth-order valence-corrected chi connectivity index (χ4v) is 7.59. The van der Waals surface area contributed by atoms with E-state index >= 15 is 0 Å². The fourth-order valence-electron chi connectivity index (χ4n) is 5.14. The van der Waals surface area contributed by atoms with Crippen molar-refractivity contribution in [2.75, 3.05) is 11.9 Å². The summed E-state index contributed by atoms with van der Waals surface area (Å²) >= 11 is 7.58. The molecular weight excluding hydrogens is 674 g/mol. The SMILES string of the molecule is CC(C)(O)O[C@@H]1C[C@@H](COS(N)(=O)=O)C[C@H]1Nc1ncncc1C(=O)c1cc(C(C)(NS(=O)C(C)(C)C)c2cccc(Cl)c2)cs1. The van der Waals surface area contributed by atoms with E-state index in [1.54, 1.807) is 18.2 Å². The van der Waals surface area contributed by atoms with Gasteiger partial charge in [-0.2, -0.15) is 8.42 Å². The van der Waals surface area contributed by atoms with E-state index in [2.05, 4.69) is 20.0 Å². The number of thiophene rings is 1. The Bertz CT molecular complexity index is 1690. The molecule has 0 aliphatic heterocycles. The highest BCUT2D eigenvalue weighted by Gasteiger charge is 2.40. The van der Waals surface area contributed by atoms with Gasteiger partial charge in [0.05, 0.1) is 50.5 Å². The third-order valence-electron chi connectivity index (χ3n) is 7.44. The minimum atomic E-state index is -4.13. The summed E-state index contributed by atoms with van der Waals surface area (Å²) in [6.07, 6.45) is 2.93. The Balaban J connectivity index is 1.63. The monoisotopic (exact) mass is 713 g/mol. The number of aromatic nitrogens is 2. The van der Waals surface area contributed by atoms with Gasteiger partial charge in [-0.3, -0.25) is 8.98 Å². The summed E-state index contributed by atoms with van der Waals surface area (Å²) in [6, 6.07) is 8.57. The number of halogens is 1. The lowest BCUT2D eigenvalue weighted by molar-refractivity contribution is -0.205. The molecule has 0 amide bonds. The van der Waals surface area contributed by atoms with Crippen LogP contribution in [0, 0.1) is 5.92 Å². The van der Waals surface area contributed by atoms with Crippen molar-refractivity contribution in [2.24, 2.45) is 11.1 Å². The molecular formula is C30H40ClN5O7S3. The van der Waals surface area contributed by atoms with Gasteiger partial charge in [-0.05, 0) is 95.0 Å². The number of benzene rings is 1. The smallest absolute Gasteiger partial charge is 0.333 e. The predicted molar refractivity (Wildman–Crippen MR) is 179 cm³/mol. The number of hydrogen-bond acceptors (Lipinski definition) is 11. The van der Waals surface area contributed by atoms with Crippen LogP contribution in [0.1, 0.15) is 80.7 Å². The third kappa shape index (κ3) is 9.39. The first-order valence-electron chi connectivity index (χ1n) is 14.5. The molecule has 252 valence electrons. The second-order valence-corrected chi connectivity index (χ2v) is 17.4. The highest BCUT2D eigenvalue weighted by molar-refractivity contribution is 7.84. The van der Waals surface area contributed by atoms with E-state index in [1.165, 1.54) is 37.7 Å². The van der Waals surface area contributed by atoms with Gasteiger partial charge >= 0.3 is 10.3 Å². The maximum absolute atomic E-state index is 14.0. The standard InChI is InChI=1S/C30H40ClN5O7S3/c1-28(2,3)45(39)36-30(6,19-8-7-9-21(31)12-19)20-13-25(44-16-20)26(37)22-14-33-17-34-27(22)35-23-10-18(15-42-46(32,40)41)11-24(23)43-29(4,5)38/h7-9,12-14,16-18,23-24,36,38H,10-11,15H2,1-6H3,(H2,32,40,41)(H,33,34,35)/t18-,23+,24+,30?,45?/m0/s1. The van der Waals surface area contributed by atoms with Crippen LogP contribution in [-0.2, 0) is 35.7 Å². The van der Waals surface area contributed by atoms with Gasteiger partial charge in [-0.15, -0.1) is 11.3 Å². The number of hydrogen-bond donors (Lipinski definition) is 4. The zero-order valence-corrected chi connectivity index (χ0v) is 29.6. The lowest BCUT2D eigenvalue weighted by Crippen LogP contribution is -2.46. The molecule has 5 atom stereocenters. The lowest BCUT2D eigenvalue weighted by Gasteiger charge is -2.33. The second-order valence-electron chi connectivity index (χ2n) is 12.9. The van der Waals surface area contributed by atoms with Gasteiger partial charge in [0.25, 0.3) is 0 Å². The topological polar surface area (TPSA) is 183 Å². The van der Waals surface area contributed by atoms with Crippen LogP contribution in [0.2, 0.25) is 5.02 Å². The van der Waals surface area contributed by atoms with Crippen LogP contribution in [0.15, 0.2) is 48.2 Å². The van der Waals surface area contributed by atoms with E-state index in [0.29, 0.717) is 22.7 Å². The molecule has 2 unspecified atom stereocenters. The number of carbonyl (C=O) groups is 1. The number of nitrogens with zero attached hydrogens (tertiary/aromatic N) is 2. The molecule has 1 fully saturated rings. The average Bonchev–Trinajstić information content (AvgIpc) is 3.58. The highest BCUT2D eigenvalue weighted by Crippen LogP contribution is 2.37. The fraction of sp³-hybridized carbons (Fsp3) is 0.500. The van der Waals surface area contributed by atoms with Crippen LogP contribution in [-0.4, -0.2) is 62.8 Å². The summed E-state index contributed by atoms with van der Waals surface area (Å²) in [4.78, 5) is 22.8. The van der Waals surface area contributed by atoms with Crippen LogP contribution in [0.3, 0.4) is 0 Å². The van der Waals surface area contributed by atoms with E-state index in [0.717, 1.165) is 11.1 Å². The molecule has 0 spiro atoms. The largest absolute Gasteiger partial charge is 0.366 e. The number of nitrogens with one attached hydrogen (secondary N) is 2. The van der Waals surface area contributed by atoms with Gasteiger partial charge in [-0.25, -0.2) is 24.0 Å². The third-order valence-corrected chi connectivity index (χ3v) is 10.8. The van der Waals surface area contributed by atoms with Crippen molar-refractivity contribution in [1.82, 2.24) is 14.7 Å². The van der Waals surface area contributed by atoms with Gasteiger partial charge in [0.1, 0.15) is 12.1 Å². The van der Waals surface area contributed by atoms with E-state index in [1.807, 2.05) is 45.2 Å². The van der Waals surface area contributed by atoms with Crippen molar-refractivity contribution in [2.45, 2.75) is 82.6 Å². The molecule has 0 radical (unpaired) electrons. The molecule has 5 N–H and O–H groups in total. The van der Waals surface area contributed by atoms with Gasteiger partial charge < -0.3 is 15.2 Å². The molecule has 1 aromatic carbocycles. The van der Waals surface area contributed by atoms with Crippen LogP contribution < -0.4 is 15.2 Å². The van der Waals surface area contributed by atoms with Gasteiger partial charge in [0.15, 0.2) is 5.79 Å². The normalized spacial score (nSPS) is 21.1. The first-order chi connectivity index (χ1) is 21.2. The Morgan fingerprint density at radius 2 is 1.89 bits per heavy atom. The molecule has 12 nitrogen and oxygen atoms in total. The quantitative estimate of drug-likeness (QED) is 0.148. The van der Waals surface area contributed by atoms with E-state index < -0.39 is 49.5 Å². The molecule has 2 aromatic heterocycles. The van der Waals surface area contributed by atoms with Gasteiger partial charge in [-0.1, -0.05) is 23.7 Å². The summed E-state index contributed by atoms with van der Waals surface area (Å²) in [5, 5.41) is 21.0. The van der Waals surface area contributed by atoms with Crippen LogP contribution in [0.25, 0.3) is 0 Å². The molecule has 1 saturated carbocycles. The maximum Gasteiger partial charge on any atom is 0.333 e. The second kappa shape index (κ2) is 14.0. The Hall–Kier alpha value is -2.34. The van der Waals surface area contributed by atoms with Crippen molar-refractivity contribution in [3.8, 4) is 0 Å². The number of anilines is 1. The first kappa shape index (κ1) is 36.5. The molecule has 3 aromatic rings. The predicted octanol–water partition coefficient (Wildman–Crippen LogP) is 4.26. The minimum Gasteiger partial charge on any atom is -0.366 e. The van der Waals surface area contributed by atoms with E-state index in [9.17, 15) is 22.5 Å². The van der Waals surface area contributed by atoms with Crippen LogP contribution >= 0.6 is 22.9 Å². The van der Waals surface area contributed by atoms with E-state index in [-0.39, 0.29) is 29.7 Å². The summed E-state index contributed by atoms with van der Waals surface area (Å²) in [5.74, 6) is -1.82. The number of aliphatic hydroxyl groups is 1. The summed E-state index contributed by atoms with van der Waals surface area (Å²) in [5.41, 5.74) is 0.753. The number of nitrogens with two attached hydrogens (primary N) is 1. The number of ether oxygens (including phenoxy) is 1. The lowest BCUT2D eigenvalue weighted by atomic mass is 9.87. The molecule has 1 aliphatic rings. The zero-order chi connectivity index (χ0) is 34.1. The molecule has 1 aliphatic carbocycles. The van der Waals surface area contributed by atoms with Crippen LogP contribution in [0.4, 0.5) is 5.82 Å². The number of rotatable bonds is 13. The first-order valence-corrected chi connectivity index (χ1v) is 18.4. The maximum atomic E-state index is 14.0. The summed E-state index contributed by atoms with van der Waals surface area (Å²) in [7, 11) is -5.60. The van der Waals surface area contributed by atoms with Crippen molar-refractivity contribution < 1.29 is 31.4 Å². The summed E-state index contributed by atoms with van der Waals surface area (Å²) in [6.45, 7) is 10.4. The molecule has 0 saturated heterocycles. The Morgan fingerprint density at radius 1 is 1.17 bits per heavy atom. The minimum absolute atomic E-state index is 0.157. The molecule has 4 rings (SSSR count). The number of ketones is 1. The molecule has 0 bridgehead atoms. The van der Waals surface area contributed by atoms with Crippen molar-refractivity contribution in [1.29, 1.82) is 0 Å². The highest BCUT2D eigenvalue weighted by atomic mass is 35.5. The van der Waals surface area contributed by atoms with Gasteiger partial charge in [0, 0.05) is 11.2 Å². The van der Waals surface area contributed by atoms with Crippen molar-refractivity contribution in [3.63, 3.8) is 0 Å². The molecule has 2 heterocycles. The Kier molecular flexibility index (Phi) is 11.1. The molecule has 46 heavy (non-hydrogen) atoms. The Morgan fingerprint density at radius 3 is 2.52 bits per heavy atom. The average molecular weight is 714 g/mol. The number of carbonyl (C=O) groups excluding carboxylic acids is 1. The van der Waals surface area contributed by atoms with Gasteiger partial charge in [0.2, 0.25) is 5.78 Å². The summed E-state index contributed by atoms with van der Waals surface area (Å²) < 4.78 is 49.5. The van der Waals surface area contributed by atoms with Crippen LogP contribution in [0.5, 0.6) is 0 Å². The van der Waals surface area contributed by atoms with Crippen molar-refractivity contribution in [3.05, 3.63) is 74.8 Å².